The quantitative estimate of drug-likeness (QED) is 0.755. The Bertz CT molecular complexity index is 647. The maximum atomic E-state index is 12.3. The van der Waals surface area contributed by atoms with Gasteiger partial charge in [0.2, 0.25) is 0 Å². The van der Waals surface area contributed by atoms with Gasteiger partial charge in [-0.25, -0.2) is 9.97 Å². The molecular formula is C15H18ClN3O2S. The van der Waals surface area contributed by atoms with Crippen LogP contribution in [0.2, 0.25) is 5.15 Å². The fourth-order valence-corrected chi connectivity index (χ4v) is 2.96. The molecule has 0 saturated carbocycles. The summed E-state index contributed by atoms with van der Waals surface area (Å²) < 4.78 is 5.52. The summed E-state index contributed by atoms with van der Waals surface area (Å²) in [4.78, 5) is 22.3. The summed E-state index contributed by atoms with van der Waals surface area (Å²) in [6.45, 7) is 5.02. The monoisotopic (exact) mass is 339 g/mol. The maximum Gasteiger partial charge on any atom is 0.254 e. The van der Waals surface area contributed by atoms with E-state index in [2.05, 4.69) is 9.97 Å². The molecule has 0 bridgehead atoms. The highest BCUT2D eigenvalue weighted by molar-refractivity contribution is 7.09. The molecular weight excluding hydrogens is 322 g/mol. The van der Waals surface area contributed by atoms with Crippen LogP contribution in [0.4, 0.5) is 0 Å². The average molecular weight is 340 g/mol. The van der Waals surface area contributed by atoms with Gasteiger partial charge >= 0.3 is 0 Å². The predicted molar refractivity (Wildman–Crippen MR) is 87.2 cm³/mol. The molecule has 2 aromatic heterocycles. The number of halogens is 1. The van der Waals surface area contributed by atoms with Gasteiger partial charge in [-0.05, 0) is 26.0 Å². The molecule has 1 atom stereocenters. The van der Waals surface area contributed by atoms with E-state index >= 15 is 0 Å². The zero-order valence-corrected chi connectivity index (χ0v) is 14.3. The number of pyridine rings is 1. The number of hydrogen-bond acceptors (Lipinski definition) is 5. The van der Waals surface area contributed by atoms with Crippen LogP contribution in [0.5, 0.6) is 0 Å². The van der Waals surface area contributed by atoms with Crippen LogP contribution in [0.15, 0.2) is 23.7 Å². The molecule has 2 aromatic rings. The Morgan fingerprint density at radius 1 is 1.55 bits per heavy atom. The highest BCUT2D eigenvalue weighted by Gasteiger charge is 2.16. The van der Waals surface area contributed by atoms with Crippen molar-refractivity contribution in [2.45, 2.75) is 26.5 Å². The van der Waals surface area contributed by atoms with Crippen molar-refractivity contribution in [3.8, 4) is 0 Å². The van der Waals surface area contributed by atoms with E-state index in [1.165, 1.54) is 6.20 Å². The second-order valence-corrected chi connectivity index (χ2v) is 6.08. The third kappa shape index (κ3) is 4.25. The summed E-state index contributed by atoms with van der Waals surface area (Å²) in [7, 11) is 1.74. The van der Waals surface area contributed by atoms with Crippen molar-refractivity contribution in [2.75, 3.05) is 13.7 Å². The first-order valence-corrected chi connectivity index (χ1v) is 8.20. The molecule has 0 radical (unpaired) electrons. The molecule has 7 heteroatoms. The molecule has 0 aliphatic heterocycles. The van der Waals surface area contributed by atoms with E-state index in [0.29, 0.717) is 23.9 Å². The number of hydrogen-bond donors (Lipinski definition) is 0. The van der Waals surface area contributed by atoms with Crippen LogP contribution >= 0.6 is 22.9 Å². The first-order chi connectivity index (χ1) is 10.5. The lowest BCUT2D eigenvalue weighted by atomic mass is 10.2. The van der Waals surface area contributed by atoms with Crippen LogP contribution in [0.25, 0.3) is 0 Å². The van der Waals surface area contributed by atoms with Gasteiger partial charge in [-0.1, -0.05) is 11.6 Å². The van der Waals surface area contributed by atoms with Crippen LogP contribution in [0, 0.1) is 0 Å². The minimum Gasteiger partial charge on any atom is -0.372 e. The van der Waals surface area contributed by atoms with Crippen LogP contribution in [0.3, 0.4) is 0 Å². The molecule has 5 nitrogen and oxygen atoms in total. The number of ether oxygens (including phenoxy) is 1. The summed E-state index contributed by atoms with van der Waals surface area (Å²) in [5.41, 5.74) is 1.36. The Hall–Kier alpha value is -1.50. The number of carbonyl (C=O) groups is 1. The summed E-state index contributed by atoms with van der Waals surface area (Å²) in [5, 5.41) is 3.18. The SMILES string of the molecule is CCOC(C)c1nc(CN(C)C(=O)c2ccnc(Cl)c2)cs1. The fraction of sp³-hybridized carbons (Fsp3) is 0.400. The molecule has 0 spiro atoms. The summed E-state index contributed by atoms with van der Waals surface area (Å²) in [6, 6.07) is 3.21. The molecule has 0 aliphatic carbocycles. The van der Waals surface area contributed by atoms with Crippen LogP contribution in [-0.4, -0.2) is 34.4 Å². The lowest BCUT2D eigenvalue weighted by Crippen LogP contribution is -2.26. The largest absolute Gasteiger partial charge is 0.372 e. The van der Waals surface area contributed by atoms with Crippen LogP contribution in [-0.2, 0) is 11.3 Å². The fourth-order valence-electron chi connectivity index (χ4n) is 1.97. The van der Waals surface area contributed by atoms with Gasteiger partial charge in [0.25, 0.3) is 5.91 Å². The minimum absolute atomic E-state index is 0.0243. The van der Waals surface area contributed by atoms with E-state index in [0.717, 1.165) is 10.7 Å². The molecule has 2 rings (SSSR count). The Morgan fingerprint density at radius 3 is 3.00 bits per heavy atom. The summed E-state index contributed by atoms with van der Waals surface area (Å²) >= 11 is 7.36. The minimum atomic E-state index is -0.114. The van der Waals surface area contributed by atoms with Gasteiger partial charge < -0.3 is 9.64 Å². The zero-order chi connectivity index (χ0) is 16.1. The van der Waals surface area contributed by atoms with Gasteiger partial charge in [0, 0.05) is 30.8 Å². The van der Waals surface area contributed by atoms with Crippen molar-refractivity contribution in [3.05, 3.63) is 45.1 Å². The maximum absolute atomic E-state index is 12.3. The standard InChI is InChI=1S/C15H18ClN3O2S/c1-4-21-10(2)14-18-12(9-22-14)8-19(3)15(20)11-5-6-17-13(16)7-11/h5-7,9-10H,4,8H2,1-3H3. The third-order valence-corrected chi connectivity index (χ3v) is 4.31. The van der Waals surface area contributed by atoms with Crippen molar-refractivity contribution >= 4 is 28.8 Å². The number of aromatic nitrogens is 2. The molecule has 1 unspecified atom stereocenters. The molecule has 118 valence electrons. The van der Waals surface area contributed by atoms with E-state index in [-0.39, 0.29) is 12.0 Å². The Balaban J connectivity index is 2.02. The van der Waals surface area contributed by atoms with E-state index < -0.39 is 0 Å². The summed E-state index contributed by atoms with van der Waals surface area (Å²) in [5.74, 6) is -0.114. The number of rotatable bonds is 6. The Kier molecular flexibility index (Phi) is 5.88. The smallest absolute Gasteiger partial charge is 0.254 e. The molecule has 0 saturated heterocycles. The molecule has 1 amide bonds. The van der Waals surface area contributed by atoms with Gasteiger partial charge in [-0.3, -0.25) is 4.79 Å². The Morgan fingerprint density at radius 2 is 2.32 bits per heavy atom. The van der Waals surface area contributed by atoms with E-state index in [1.807, 2.05) is 19.2 Å². The first kappa shape index (κ1) is 16.9. The highest BCUT2D eigenvalue weighted by Crippen LogP contribution is 2.22. The Labute approximate surface area is 138 Å². The molecule has 22 heavy (non-hydrogen) atoms. The lowest BCUT2D eigenvalue weighted by molar-refractivity contribution is 0.0756. The number of thiazole rings is 1. The summed E-state index contributed by atoms with van der Waals surface area (Å²) in [6.07, 6.45) is 1.50. The van der Waals surface area contributed by atoms with Gasteiger partial charge in [-0.15, -0.1) is 11.3 Å². The van der Waals surface area contributed by atoms with Gasteiger partial charge in [0.15, 0.2) is 0 Å². The van der Waals surface area contributed by atoms with Gasteiger partial charge in [0.1, 0.15) is 16.3 Å². The highest BCUT2D eigenvalue weighted by atomic mass is 35.5. The van der Waals surface area contributed by atoms with Crippen molar-refractivity contribution < 1.29 is 9.53 Å². The van der Waals surface area contributed by atoms with E-state index in [1.54, 1.807) is 35.4 Å². The van der Waals surface area contributed by atoms with E-state index in [4.69, 9.17) is 16.3 Å². The molecule has 2 heterocycles. The topological polar surface area (TPSA) is 55.3 Å². The molecule has 0 N–H and O–H groups in total. The van der Waals surface area contributed by atoms with Crippen LogP contribution in [0.1, 0.15) is 41.0 Å². The van der Waals surface area contributed by atoms with E-state index in [9.17, 15) is 4.79 Å². The zero-order valence-electron chi connectivity index (χ0n) is 12.7. The van der Waals surface area contributed by atoms with Gasteiger partial charge in [-0.2, -0.15) is 0 Å². The van der Waals surface area contributed by atoms with Gasteiger partial charge in [0.05, 0.1) is 12.2 Å². The van der Waals surface area contributed by atoms with Crippen LogP contribution < -0.4 is 0 Å². The number of amides is 1. The molecule has 0 aliphatic rings. The number of carbonyl (C=O) groups excluding carboxylic acids is 1. The molecule has 0 aromatic carbocycles. The second-order valence-electron chi connectivity index (χ2n) is 4.80. The third-order valence-electron chi connectivity index (χ3n) is 3.05. The van der Waals surface area contributed by atoms with Crippen molar-refractivity contribution in [3.63, 3.8) is 0 Å². The first-order valence-electron chi connectivity index (χ1n) is 6.94. The van der Waals surface area contributed by atoms with Crippen molar-refractivity contribution in [2.24, 2.45) is 0 Å². The molecule has 0 fully saturated rings. The number of nitrogens with zero attached hydrogens (tertiary/aromatic N) is 3. The van der Waals surface area contributed by atoms with Crippen molar-refractivity contribution in [1.29, 1.82) is 0 Å². The predicted octanol–water partition coefficient (Wildman–Crippen LogP) is 3.56. The van der Waals surface area contributed by atoms with Crippen molar-refractivity contribution in [1.82, 2.24) is 14.9 Å². The normalized spacial score (nSPS) is 12.2. The lowest BCUT2D eigenvalue weighted by Gasteiger charge is -2.16. The average Bonchev–Trinajstić information content (AvgIpc) is 2.95. The second kappa shape index (κ2) is 7.67.